The Balaban J connectivity index is 2.22. The number of nitrogens with one attached hydrogen (secondary N) is 1. The van der Waals surface area contributed by atoms with Gasteiger partial charge in [-0.3, -0.25) is 4.79 Å². The first-order valence-electron chi connectivity index (χ1n) is 6.09. The second-order valence-electron chi connectivity index (χ2n) is 4.56. The number of nitrogens with zero attached hydrogens (tertiary/aromatic N) is 1. The van der Waals surface area contributed by atoms with Crippen LogP contribution in [-0.4, -0.2) is 11.1 Å². The van der Waals surface area contributed by atoms with Crippen LogP contribution in [0.3, 0.4) is 0 Å². The quantitative estimate of drug-likeness (QED) is 0.717. The van der Waals surface area contributed by atoms with Crippen molar-refractivity contribution in [3.8, 4) is 0 Å². The number of benzene rings is 1. The van der Waals surface area contributed by atoms with E-state index in [1.54, 1.807) is 0 Å². The molecule has 1 heterocycles. The summed E-state index contributed by atoms with van der Waals surface area (Å²) >= 11 is 5.59. The van der Waals surface area contributed by atoms with E-state index >= 15 is 0 Å². The maximum Gasteiger partial charge on any atom is 0.252 e. The van der Waals surface area contributed by atoms with Gasteiger partial charge in [0.1, 0.15) is 5.76 Å². The monoisotopic (exact) mass is 448 g/mol. The summed E-state index contributed by atoms with van der Waals surface area (Å²) in [5, 5.41) is 6.89. The zero-order valence-corrected chi connectivity index (χ0v) is 15.1. The van der Waals surface area contributed by atoms with Crippen LogP contribution < -0.4 is 5.32 Å². The molecule has 0 aliphatic rings. The SMILES string of the molecule is Cc1noc(C)c1C(C)NC(=O)c1cc(I)ccc1Br. The van der Waals surface area contributed by atoms with E-state index in [4.69, 9.17) is 4.52 Å². The lowest BCUT2D eigenvalue weighted by molar-refractivity contribution is 0.0939. The lowest BCUT2D eigenvalue weighted by atomic mass is 10.1. The van der Waals surface area contributed by atoms with Crippen LogP contribution in [0, 0.1) is 17.4 Å². The molecule has 1 atom stereocenters. The Hall–Kier alpha value is -0.890. The maximum absolute atomic E-state index is 12.4. The molecule has 0 radical (unpaired) electrons. The molecule has 1 aromatic carbocycles. The molecule has 0 saturated heterocycles. The van der Waals surface area contributed by atoms with Gasteiger partial charge in [-0.05, 0) is 77.5 Å². The highest BCUT2D eigenvalue weighted by molar-refractivity contribution is 14.1. The maximum atomic E-state index is 12.4. The highest BCUT2D eigenvalue weighted by Gasteiger charge is 2.20. The molecule has 0 aliphatic heterocycles. The summed E-state index contributed by atoms with van der Waals surface area (Å²) in [6, 6.07) is 5.51. The van der Waals surface area contributed by atoms with Crippen LogP contribution in [0.1, 0.15) is 40.3 Å². The lowest BCUT2D eigenvalue weighted by Crippen LogP contribution is -2.27. The molecule has 1 amide bonds. The number of carbonyl (C=O) groups excluding carboxylic acids is 1. The summed E-state index contributed by atoms with van der Waals surface area (Å²) in [5.41, 5.74) is 2.35. The van der Waals surface area contributed by atoms with E-state index in [2.05, 4.69) is 49.0 Å². The van der Waals surface area contributed by atoms with Gasteiger partial charge in [0.15, 0.2) is 0 Å². The first-order valence-corrected chi connectivity index (χ1v) is 7.96. The predicted octanol–water partition coefficient (Wildman–Crippen LogP) is 4.15. The fourth-order valence-corrected chi connectivity index (χ4v) is 3.04. The Kier molecular flexibility index (Phi) is 4.85. The molecular formula is C14H14BrIN2O2. The Morgan fingerprint density at radius 3 is 2.75 bits per heavy atom. The van der Waals surface area contributed by atoms with Crippen molar-refractivity contribution in [3.63, 3.8) is 0 Å². The van der Waals surface area contributed by atoms with Crippen molar-refractivity contribution in [1.29, 1.82) is 0 Å². The molecule has 20 heavy (non-hydrogen) atoms. The molecule has 1 unspecified atom stereocenters. The van der Waals surface area contributed by atoms with Gasteiger partial charge in [0.2, 0.25) is 0 Å². The van der Waals surface area contributed by atoms with Crippen LogP contribution in [0.4, 0.5) is 0 Å². The largest absolute Gasteiger partial charge is 0.361 e. The van der Waals surface area contributed by atoms with E-state index < -0.39 is 0 Å². The van der Waals surface area contributed by atoms with Gasteiger partial charge >= 0.3 is 0 Å². The average molecular weight is 449 g/mol. The van der Waals surface area contributed by atoms with Crippen molar-refractivity contribution >= 4 is 44.4 Å². The average Bonchev–Trinajstić information content (AvgIpc) is 2.71. The van der Waals surface area contributed by atoms with Gasteiger partial charge in [0.05, 0.1) is 17.3 Å². The molecule has 0 fully saturated rings. The first kappa shape index (κ1) is 15.5. The van der Waals surface area contributed by atoms with Gasteiger partial charge < -0.3 is 9.84 Å². The second kappa shape index (κ2) is 6.26. The predicted molar refractivity (Wildman–Crippen MR) is 88.7 cm³/mol. The van der Waals surface area contributed by atoms with Gasteiger partial charge in [-0.15, -0.1) is 0 Å². The van der Waals surface area contributed by atoms with Gasteiger partial charge in [-0.25, -0.2) is 0 Å². The fraction of sp³-hybridized carbons (Fsp3) is 0.286. The van der Waals surface area contributed by atoms with E-state index in [1.807, 2.05) is 39.0 Å². The molecule has 2 aromatic rings. The third-order valence-corrected chi connectivity index (χ3v) is 4.40. The molecule has 4 nitrogen and oxygen atoms in total. The molecule has 0 saturated carbocycles. The van der Waals surface area contributed by atoms with Gasteiger partial charge in [0, 0.05) is 13.6 Å². The van der Waals surface area contributed by atoms with Gasteiger partial charge in [0.25, 0.3) is 5.91 Å². The summed E-state index contributed by atoms with van der Waals surface area (Å²) in [5.74, 6) is 0.611. The number of aryl methyl sites for hydroxylation is 2. The summed E-state index contributed by atoms with van der Waals surface area (Å²) < 4.78 is 6.93. The number of halogens is 2. The van der Waals surface area contributed by atoms with Crippen molar-refractivity contribution in [1.82, 2.24) is 10.5 Å². The van der Waals surface area contributed by atoms with Crippen molar-refractivity contribution in [2.45, 2.75) is 26.8 Å². The van der Waals surface area contributed by atoms with Crippen LogP contribution in [0.25, 0.3) is 0 Å². The minimum atomic E-state index is -0.154. The van der Waals surface area contributed by atoms with Crippen molar-refractivity contribution < 1.29 is 9.32 Å². The van der Waals surface area contributed by atoms with Crippen LogP contribution in [0.2, 0.25) is 0 Å². The zero-order valence-electron chi connectivity index (χ0n) is 11.3. The topological polar surface area (TPSA) is 55.1 Å². The van der Waals surface area contributed by atoms with E-state index in [0.717, 1.165) is 25.1 Å². The Bertz CT molecular complexity index is 635. The Morgan fingerprint density at radius 1 is 1.45 bits per heavy atom. The molecule has 1 N–H and O–H groups in total. The van der Waals surface area contributed by atoms with E-state index in [0.29, 0.717) is 5.56 Å². The highest BCUT2D eigenvalue weighted by Crippen LogP contribution is 2.23. The molecular weight excluding hydrogens is 435 g/mol. The van der Waals surface area contributed by atoms with Crippen LogP contribution in [0.15, 0.2) is 27.2 Å². The number of carbonyl (C=O) groups is 1. The standard InChI is InChI=1S/C14H14BrIN2O2/c1-7(13-8(2)18-20-9(13)3)17-14(19)11-6-10(16)4-5-12(11)15/h4-7H,1-3H3,(H,17,19). The van der Waals surface area contributed by atoms with E-state index in [1.165, 1.54) is 0 Å². The van der Waals surface area contributed by atoms with Gasteiger partial charge in [-0.1, -0.05) is 5.16 Å². The van der Waals surface area contributed by atoms with Crippen molar-refractivity contribution in [2.75, 3.05) is 0 Å². The van der Waals surface area contributed by atoms with E-state index in [9.17, 15) is 4.79 Å². The molecule has 0 aliphatic carbocycles. The summed E-state index contributed by atoms with van der Waals surface area (Å²) in [6.07, 6.45) is 0. The molecule has 0 spiro atoms. The third kappa shape index (κ3) is 3.22. The second-order valence-corrected chi connectivity index (χ2v) is 6.66. The fourth-order valence-electron chi connectivity index (χ4n) is 2.13. The molecule has 6 heteroatoms. The minimum absolute atomic E-state index is 0.122. The van der Waals surface area contributed by atoms with Crippen molar-refractivity contribution in [3.05, 3.63) is 48.8 Å². The summed E-state index contributed by atoms with van der Waals surface area (Å²) in [7, 11) is 0. The lowest BCUT2D eigenvalue weighted by Gasteiger charge is -2.14. The van der Waals surface area contributed by atoms with Crippen LogP contribution >= 0.6 is 38.5 Å². The number of rotatable bonds is 3. The van der Waals surface area contributed by atoms with Crippen LogP contribution in [-0.2, 0) is 0 Å². The number of amides is 1. The Labute approximate surface area is 139 Å². The van der Waals surface area contributed by atoms with Crippen LogP contribution in [0.5, 0.6) is 0 Å². The molecule has 106 valence electrons. The van der Waals surface area contributed by atoms with Gasteiger partial charge in [-0.2, -0.15) is 0 Å². The molecule has 2 rings (SSSR count). The Morgan fingerprint density at radius 2 is 2.15 bits per heavy atom. The summed E-state index contributed by atoms with van der Waals surface area (Å²) in [6.45, 7) is 5.64. The normalized spacial score (nSPS) is 12.2. The summed E-state index contributed by atoms with van der Waals surface area (Å²) in [4.78, 5) is 12.4. The molecule has 0 bridgehead atoms. The number of hydrogen-bond acceptors (Lipinski definition) is 3. The number of aromatic nitrogens is 1. The third-order valence-electron chi connectivity index (χ3n) is 3.04. The van der Waals surface area contributed by atoms with Crippen molar-refractivity contribution in [2.24, 2.45) is 0 Å². The minimum Gasteiger partial charge on any atom is -0.361 e. The zero-order chi connectivity index (χ0) is 14.9. The molecule has 1 aromatic heterocycles. The smallest absolute Gasteiger partial charge is 0.252 e. The van der Waals surface area contributed by atoms with E-state index in [-0.39, 0.29) is 11.9 Å². The number of hydrogen-bond donors (Lipinski definition) is 1. The highest BCUT2D eigenvalue weighted by atomic mass is 127. The first-order chi connectivity index (χ1) is 9.40.